The summed E-state index contributed by atoms with van der Waals surface area (Å²) in [4.78, 5) is 22.2. The minimum absolute atomic E-state index is 0. The van der Waals surface area contributed by atoms with Gasteiger partial charge in [0.15, 0.2) is 5.96 Å². The van der Waals surface area contributed by atoms with E-state index in [-0.39, 0.29) is 42.2 Å². The highest BCUT2D eigenvalue weighted by molar-refractivity contribution is 14.0. The molecule has 0 aliphatic carbocycles. The van der Waals surface area contributed by atoms with E-state index in [1.54, 1.807) is 31.5 Å². The molecule has 1 aromatic carbocycles. The van der Waals surface area contributed by atoms with Crippen LogP contribution in [0.25, 0.3) is 10.9 Å². The highest BCUT2D eigenvalue weighted by Crippen LogP contribution is 2.19. The van der Waals surface area contributed by atoms with E-state index in [0.717, 1.165) is 35.9 Å². The number of likely N-dealkylation sites (N-methyl/N-ethyl adjacent to an activating group) is 1. The number of halogens is 2. The van der Waals surface area contributed by atoms with Crippen molar-refractivity contribution in [1.29, 1.82) is 0 Å². The molecule has 0 fully saturated rings. The second kappa shape index (κ2) is 11.9. The monoisotopic (exact) mass is 543 g/mol. The number of carbonyl (C=O) groups is 1. The van der Waals surface area contributed by atoms with E-state index in [0.29, 0.717) is 12.5 Å². The summed E-state index contributed by atoms with van der Waals surface area (Å²) < 4.78 is 13.3. The van der Waals surface area contributed by atoms with Crippen LogP contribution in [0.1, 0.15) is 10.4 Å². The molecule has 0 spiro atoms. The molecule has 6 nitrogen and oxygen atoms in total. The Kier molecular flexibility index (Phi) is 9.57. The Labute approximate surface area is 197 Å². The lowest BCUT2D eigenvalue weighted by atomic mass is 10.1. The van der Waals surface area contributed by atoms with Crippen LogP contribution < -0.4 is 10.6 Å². The quantitative estimate of drug-likeness (QED) is 0.232. The first-order chi connectivity index (χ1) is 14.0. The number of nitrogens with zero attached hydrogens (tertiary/aromatic N) is 2. The van der Waals surface area contributed by atoms with E-state index in [2.05, 4.69) is 32.1 Å². The summed E-state index contributed by atoms with van der Waals surface area (Å²) in [6, 6.07) is 8.90. The minimum Gasteiger partial charge on any atom is -0.361 e. The van der Waals surface area contributed by atoms with Crippen LogP contribution in [0.15, 0.2) is 46.9 Å². The Morgan fingerprint density at radius 2 is 1.97 bits per heavy atom. The van der Waals surface area contributed by atoms with Gasteiger partial charge in [0.25, 0.3) is 0 Å². The van der Waals surface area contributed by atoms with Gasteiger partial charge in [0, 0.05) is 49.2 Å². The van der Waals surface area contributed by atoms with Crippen molar-refractivity contribution in [2.75, 3.05) is 33.7 Å². The van der Waals surface area contributed by atoms with Crippen molar-refractivity contribution in [2.24, 2.45) is 4.99 Å². The maximum absolute atomic E-state index is 13.3. The molecule has 162 valence electrons. The van der Waals surface area contributed by atoms with Crippen LogP contribution in [0.4, 0.5) is 4.39 Å². The smallest absolute Gasteiger partial charge is 0.243 e. The van der Waals surface area contributed by atoms with E-state index < -0.39 is 0 Å². The van der Waals surface area contributed by atoms with Gasteiger partial charge in [-0.3, -0.25) is 4.79 Å². The van der Waals surface area contributed by atoms with Crippen molar-refractivity contribution in [1.82, 2.24) is 20.5 Å². The zero-order valence-corrected chi connectivity index (χ0v) is 20.2. The van der Waals surface area contributed by atoms with Gasteiger partial charge in [-0.05, 0) is 48.1 Å². The SMILES string of the molecule is CN(C)C(=O)CN=C(NCCc1cccs1)NCCc1c[nH]c2cc(F)ccc12.I. The van der Waals surface area contributed by atoms with Gasteiger partial charge in [-0.1, -0.05) is 6.07 Å². The standard InChI is InChI=1S/C21H26FN5OS.HI/c1-27(2)20(28)14-26-21(24-10-8-17-4-3-11-29-17)23-9-7-15-13-25-19-12-16(22)5-6-18(15)19;/h3-6,11-13,25H,7-10,14H2,1-2H3,(H2,23,24,26);1H. The lowest BCUT2D eigenvalue weighted by Crippen LogP contribution is -2.40. The topological polar surface area (TPSA) is 72.5 Å². The highest BCUT2D eigenvalue weighted by atomic mass is 127. The second-order valence-corrected chi connectivity index (χ2v) is 7.92. The molecule has 9 heteroatoms. The van der Waals surface area contributed by atoms with Crippen molar-refractivity contribution in [3.05, 3.63) is 58.2 Å². The van der Waals surface area contributed by atoms with E-state index >= 15 is 0 Å². The van der Waals surface area contributed by atoms with Gasteiger partial charge < -0.3 is 20.5 Å². The summed E-state index contributed by atoms with van der Waals surface area (Å²) in [5.74, 6) is 0.310. The number of fused-ring (bicyclic) bond motifs is 1. The maximum atomic E-state index is 13.3. The highest BCUT2D eigenvalue weighted by Gasteiger charge is 2.07. The van der Waals surface area contributed by atoms with Gasteiger partial charge in [-0.15, -0.1) is 35.3 Å². The Hall–Kier alpha value is -2.14. The zero-order valence-electron chi connectivity index (χ0n) is 17.1. The van der Waals surface area contributed by atoms with Crippen molar-refractivity contribution >= 4 is 58.1 Å². The number of thiophene rings is 1. The number of guanidine groups is 1. The number of benzene rings is 1. The normalized spacial score (nSPS) is 11.2. The Balaban J connectivity index is 0.00000320. The number of nitrogens with one attached hydrogen (secondary N) is 3. The molecule has 0 bridgehead atoms. The molecular weight excluding hydrogens is 516 g/mol. The zero-order chi connectivity index (χ0) is 20.6. The molecule has 3 N–H and O–H groups in total. The van der Waals surface area contributed by atoms with Crippen LogP contribution in [0, 0.1) is 5.82 Å². The first kappa shape index (κ1) is 24.1. The molecule has 1 amide bonds. The number of aliphatic imine (C=N–C) groups is 1. The number of H-pyrrole nitrogens is 1. The molecule has 0 aliphatic rings. The first-order valence-electron chi connectivity index (χ1n) is 9.53. The molecule has 0 aliphatic heterocycles. The molecule has 0 saturated heterocycles. The van der Waals surface area contributed by atoms with E-state index in [1.807, 2.05) is 12.3 Å². The average Bonchev–Trinajstić information content (AvgIpc) is 3.35. The summed E-state index contributed by atoms with van der Waals surface area (Å²) >= 11 is 1.72. The molecular formula is C21H27FIN5OS. The molecule has 30 heavy (non-hydrogen) atoms. The maximum Gasteiger partial charge on any atom is 0.243 e. The van der Waals surface area contributed by atoms with Crippen molar-refractivity contribution in [3.8, 4) is 0 Å². The molecule has 2 aromatic heterocycles. The number of amides is 1. The molecule has 0 atom stereocenters. The lowest BCUT2D eigenvalue weighted by molar-refractivity contribution is -0.127. The molecule has 0 radical (unpaired) electrons. The van der Waals surface area contributed by atoms with Gasteiger partial charge >= 0.3 is 0 Å². The van der Waals surface area contributed by atoms with Gasteiger partial charge in [-0.25, -0.2) is 9.38 Å². The summed E-state index contributed by atoms with van der Waals surface area (Å²) in [5.41, 5.74) is 1.90. The molecule has 3 rings (SSSR count). The summed E-state index contributed by atoms with van der Waals surface area (Å²) in [7, 11) is 3.43. The number of aromatic amines is 1. The first-order valence-corrected chi connectivity index (χ1v) is 10.4. The third kappa shape index (κ3) is 6.98. The van der Waals surface area contributed by atoms with Crippen LogP contribution in [0.2, 0.25) is 0 Å². The van der Waals surface area contributed by atoms with Crippen molar-refractivity contribution in [2.45, 2.75) is 12.8 Å². The van der Waals surface area contributed by atoms with Crippen LogP contribution in [-0.4, -0.2) is 55.5 Å². The number of hydrogen-bond acceptors (Lipinski definition) is 3. The Morgan fingerprint density at radius 1 is 1.20 bits per heavy atom. The predicted octanol–water partition coefficient (Wildman–Crippen LogP) is 3.40. The third-order valence-electron chi connectivity index (χ3n) is 4.53. The van der Waals surface area contributed by atoms with Crippen molar-refractivity contribution in [3.63, 3.8) is 0 Å². The Bertz CT molecular complexity index is 971. The van der Waals surface area contributed by atoms with Gasteiger partial charge in [0.05, 0.1) is 0 Å². The van der Waals surface area contributed by atoms with Gasteiger partial charge in [-0.2, -0.15) is 0 Å². The van der Waals surface area contributed by atoms with Gasteiger partial charge in [0.1, 0.15) is 12.4 Å². The Morgan fingerprint density at radius 3 is 2.67 bits per heavy atom. The second-order valence-electron chi connectivity index (χ2n) is 6.89. The number of rotatable bonds is 8. The summed E-state index contributed by atoms with van der Waals surface area (Å²) in [6.45, 7) is 1.47. The molecule has 0 unspecified atom stereocenters. The van der Waals surface area contributed by atoms with Crippen LogP contribution >= 0.6 is 35.3 Å². The molecule has 2 heterocycles. The van der Waals surface area contributed by atoms with E-state index in [1.165, 1.54) is 21.9 Å². The lowest BCUT2D eigenvalue weighted by Gasteiger charge is -2.13. The summed E-state index contributed by atoms with van der Waals surface area (Å²) in [6.07, 6.45) is 3.55. The average molecular weight is 543 g/mol. The van der Waals surface area contributed by atoms with Crippen LogP contribution in [0.5, 0.6) is 0 Å². The number of hydrogen-bond donors (Lipinski definition) is 3. The summed E-state index contributed by atoms with van der Waals surface area (Å²) in [5, 5.41) is 9.66. The largest absolute Gasteiger partial charge is 0.361 e. The predicted molar refractivity (Wildman–Crippen MR) is 132 cm³/mol. The molecule has 3 aromatic rings. The van der Waals surface area contributed by atoms with Crippen LogP contribution in [-0.2, 0) is 17.6 Å². The van der Waals surface area contributed by atoms with Crippen molar-refractivity contribution < 1.29 is 9.18 Å². The fraction of sp³-hybridized carbons (Fsp3) is 0.333. The van der Waals surface area contributed by atoms with Crippen LogP contribution in [0.3, 0.4) is 0 Å². The number of aromatic nitrogens is 1. The minimum atomic E-state index is -0.251. The third-order valence-corrected chi connectivity index (χ3v) is 5.47. The van der Waals surface area contributed by atoms with Gasteiger partial charge in [0.2, 0.25) is 5.91 Å². The fourth-order valence-corrected chi connectivity index (χ4v) is 3.61. The molecule has 0 saturated carbocycles. The van der Waals surface area contributed by atoms with E-state index in [4.69, 9.17) is 0 Å². The fourth-order valence-electron chi connectivity index (χ4n) is 2.90. The number of carbonyl (C=O) groups excluding carboxylic acids is 1. The van der Waals surface area contributed by atoms with E-state index in [9.17, 15) is 9.18 Å².